The molecule has 4 nitrogen and oxygen atoms in total. The van der Waals surface area contributed by atoms with Gasteiger partial charge in [-0.1, -0.05) is 6.92 Å². The van der Waals surface area contributed by atoms with E-state index in [-0.39, 0.29) is 5.60 Å². The Balaban J connectivity index is 1.68. The Hall–Kier alpha value is -0.160. The molecule has 0 aromatic heterocycles. The summed E-state index contributed by atoms with van der Waals surface area (Å²) in [6, 6.07) is 1.23. The topological polar surface area (TPSA) is 47.7 Å². The van der Waals surface area contributed by atoms with Crippen molar-refractivity contribution < 1.29 is 9.47 Å². The standard InChI is InChI=1S/C14H26N2O2/c1-11-2-5-16(13(11)9-15)12-3-6-18-14(8-12)4-7-17-10-14/h11-13H,2-10,15H2,1H3. The molecule has 2 N–H and O–H groups in total. The Morgan fingerprint density at radius 3 is 2.94 bits per heavy atom. The lowest BCUT2D eigenvalue weighted by molar-refractivity contribution is -0.108. The molecule has 0 aromatic carbocycles. The minimum absolute atomic E-state index is 0.0217. The van der Waals surface area contributed by atoms with Gasteiger partial charge in [0.1, 0.15) is 0 Å². The fraction of sp³-hybridized carbons (Fsp3) is 1.00. The van der Waals surface area contributed by atoms with Crippen LogP contribution in [-0.2, 0) is 9.47 Å². The van der Waals surface area contributed by atoms with E-state index >= 15 is 0 Å². The van der Waals surface area contributed by atoms with Crippen LogP contribution in [0.4, 0.5) is 0 Å². The second-order valence-corrected chi connectivity index (χ2v) is 6.29. The maximum absolute atomic E-state index is 6.03. The third kappa shape index (κ3) is 2.20. The maximum Gasteiger partial charge on any atom is 0.0951 e. The van der Waals surface area contributed by atoms with Crippen molar-refractivity contribution in [2.24, 2.45) is 11.7 Å². The number of nitrogens with two attached hydrogens (primary N) is 1. The molecule has 0 bridgehead atoms. The van der Waals surface area contributed by atoms with Gasteiger partial charge in [0.2, 0.25) is 0 Å². The predicted molar refractivity (Wildman–Crippen MR) is 70.5 cm³/mol. The maximum atomic E-state index is 6.03. The molecule has 3 saturated heterocycles. The number of rotatable bonds is 2. The van der Waals surface area contributed by atoms with Crippen LogP contribution >= 0.6 is 0 Å². The van der Waals surface area contributed by atoms with E-state index in [0.29, 0.717) is 12.1 Å². The van der Waals surface area contributed by atoms with E-state index < -0.39 is 0 Å². The van der Waals surface area contributed by atoms with Crippen molar-refractivity contribution in [3.63, 3.8) is 0 Å². The largest absolute Gasteiger partial charge is 0.378 e. The Morgan fingerprint density at radius 2 is 2.22 bits per heavy atom. The van der Waals surface area contributed by atoms with Gasteiger partial charge in [0.15, 0.2) is 0 Å². The van der Waals surface area contributed by atoms with Crippen LogP contribution in [0.3, 0.4) is 0 Å². The van der Waals surface area contributed by atoms with Crippen molar-refractivity contribution in [2.45, 2.75) is 50.3 Å². The van der Waals surface area contributed by atoms with Crippen LogP contribution in [0.15, 0.2) is 0 Å². The molecule has 4 atom stereocenters. The summed E-state index contributed by atoms with van der Waals surface area (Å²) in [5, 5.41) is 0. The summed E-state index contributed by atoms with van der Waals surface area (Å²) in [7, 11) is 0. The van der Waals surface area contributed by atoms with Gasteiger partial charge < -0.3 is 15.2 Å². The lowest BCUT2D eigenvalue weighted by atomic mass is 9.88. The molecule has 104 valence electrons. The van der Waals surface area contributed by atoms with Crippen LogP contribution in [0.5, 0.6) is 0 Å². The first-order chi connectivity index (χ1) is 8.74. The normalized spacial score (nSPS) is 46.0. The van der Waals surface area contributed by atoms with E-state index in [1.165, 1.54) is 13.0 Å². The van der Waals surface area contributed by atoms with Gasteiger partial charge in [-0.25, -0.2) is 0 Å². The molecule has 3 rings (SSSR count). The fourth-order valence-corrected chi connectivity index (χ4v) is 4.01. The van der Waals surface area contributed by atoms with E-state index in [4.69, 9.17) is 15.2 Å². The van der Waals surface area contributed by atoms with E-state index in [2.05, 4.69) is 11.8 Å². The van der Waals surface area contributed by atoms with Gasteiger partial charge >= 0.3 is 0 Å². The molecule has 0 saturated carbocycles. The first kappa shape index (κ1) is 12.9. The van der Waals surface area contributed by atoms with Gasteiger partial charge in [-0.3, -0.25) is 4.90 Å². The number of hydrogen-bond acceptors (Lipinski definition) is 4. The van der Waals surface area contributed by atoms with Crippen LogP contribution in [0.25, 0.3) is 0 Å². The molecule has 4 unspecified atom stereocenters. The molecule has 3 aliphatic rings. The van der Waals surface area contributed by atoms with E-state index in [0.717, 1.165) is 51.5 Å². The highest BCUT2D eigenvalue weighted by Gasteiger charge is 2.45. The van der Waals surface area contributed by atoms with Gasteiger partial charge in [-0.2, -0.15) is 0 Å². The summed E-state index contributed by atoms with van der Waals surface area (Å²) in [6.45, 7) is 6.89. The Bertz CT molecular complexity index is 292. The molecule has 18 heavy (non-hydrogen) atoms. The first-order valence-electron chi connectivity index (χ1n) is 7.42. The van der Waals surface area contributed by atoms with Crippen molar-refractivity contribution in [3.8, 4) is 0 Å². The molecule has 0 radical (unpaired) electrons. The molecule has 0 aliphatic carbocycles. The van der Waals surface area contributed by atoms with Gasteiger partial charge in [0.25, 0.3) is 0 Å². The summed E-state index contributed by atoms with van der Waals surface area (Å²) in [4.78, 5) is 2.66. The average molecular weight is 254 g/mol. The SMILES string of the molecule is CC1CCN(C2CCOC3(CCOC3)C2)C1CN. The number of hydrogen-bond donors (Lipinski definition) is 1. The second-order valence-electron chi connectivity index (χ2n) is 6.29. The van der Waals surface area contributed by atoms with Gasteiger partial charge in [0, 0.05) is 38.3 Å². The smallest absolute Gasteiger partial charge is 0.0951 e. The highest BCUT2D eigenvalue weighted by Crippen LogP contribution is 2.37. The first-order valence-corrected chi connectivity index (χ1v) is 7.42. The lowest BCUT2D eigenvalue weighted by Gasteiger charge is -2.43. The quantitative estimate of drug-likeness (QED) is 0.798. The molecular weight excluding hydrogens is 228 g/mol. The number of nitrogens with zero attached hydrogens (tertiary/aromatic N) is 1. The van der Waals surface area contributed by atoms with Crippen LogP contribution < -0.4 is 5.73 Å². The highest BCUT2D eigenvalue weighted by atomic mass is 16.6. The third-order valence-corrected chi connectivity index (χ3v) is 5.17. The van der Waals surface area contributed by atoms with Gasteiger partial charge in [0.05, 0.1) is 12.2 Å². The summed E-state index contributed by atoms with van der Waals surface area (Å²) in [6.07, 6.45) is 4.66. The van der Waals surface area contributed by atoms with Crippen LogP contribution in [0, 0.1) is 5.92 Å². The third-order valence-electron chi connectivity index (χ3n) is 5.17. The van der Waals surface area contributed by atoms with Crippen molar-refractivity contribution >= 4 is 0 Å². The summed E-state index contributed by atoms with van der Waals surface area (Å²) >= 11 is 0. The Kier molecular flexibility index (Phi) is 3.63. The van der Waals surface area contributed by atoms with E-state index in [9.17, 15) is 0 Å². The average Bonchev–Trinajstić information content (AvgIpc) is 2.96. The van der Waals surface area contributed by atoms with Crippen molar-refractivity contribution in [1.29, 1.82) is 0 Å². The molecule has 4 heteroatoms. The molecule has 1 spiro atoms. The lowest BCUT2D eigenvalue weighted by Crippen LogP contribution is -2.52. The minimum atomic E-state index is 0.0217. The Labute approximate surface area is 110 Å². The van der Waals surface area contributed by atoms with Crippen LogP contribution in [0.1, 0.15) is 32.6 Å². The molecule has 0 amide bonds. The van der Waals surface area contributed by atoms with E-state index in [1.807, 2.05) is 0 Å². The van der Waals surface area contributed by atoms with Crippen molar-refractivity contribution in [3.05, 3.63) is 0 Å². The van der Waals surface area contributed by atoms with Gasteiger partial charge in [-0.05, 0) is 31.7 Å². The molecule has 3 aliphatic heterocycles. The van der Waals surface area contributed by atoms with Crippen LogP contribution in [0.2, 0.25) is 0 Å². The van der Waals surface area contributed by atoms with Crippen molar-refractivity contribution in [1.82, 2.24) is 4.90 Å². The minimum Gasteiger partial charge on any atom is -0.378 e. The van der Waals surface area contributed by atoms with Crippen LogP contribution in [-0.4, -0.2) is 55.5 Å². The molecule has 3 fully saturated rings. The molecule has 0 aromatic rings. The highest BCUT2D eigenvalue weighted by molar-refractivity contribution is 4.97. The summed E-state index contributed by atoms with van der Waals surface area (Å²) < 4.78 is 11.6. The number of likely N-dealkylation sites (tertiary alicyclic amines) is 1. The summed E-state index contributed by atoms with van der Waals surface area (Å²) in [5.74, 6) is 0.744. The van der Waals surface area contributed by atoms with Crippen molar-refractivity contribution in [2.75, 3.05) is 32.9 Å². The zero-order valence-electron chi connectivity index (χ0n) is 11.4. The number of ether oxygens (including phenoxy) is 2. The Morgan fingerprint density at radius 1 is 1.33 bits per heavy atom. The van der Waals surface area contributed by atoms with Gasteiger partial charge in [-0.15, -0.1) is 0 Å². The zero-order chi connectivity index (χ0) is 12.6. The fourth-order valence-electron chi connectivity index (χ4n) is 4.01. The predicted octanol–water partition coefficient (Wildman–Crippen LogP) is 0.994. The molecular formula is C14H26N2O2. The second kappa shape index (κ2) is 5.08. The van der Waals surface area contributed by atoms with E-state index in [1.54, 1.807) is 0 Å². The monoisotopic (exact) mass is 254 g/mol. The zero-order valence-corrected chi connectivity index (χ0v) is 11.4. The summed E-state index contributed by atoms with van der Waals surface area (Å²) in [5.41, 5.74) is 5.99. The molecule has 3 heterocycles.